The molecule has 0 saturated carbocycles. The van der Waals surface area contributed by atoms with Gasteiger partial charge in [0.2, 0.25) is 5.13 Å². The van der Waals surface area contributed by atoms with Crippen molar-refractivity contribution in [2.24, 2.45) is 11.0 Å². The van der Waals surface area contributed by atoms with Crippen LogP contribution in [0.2, 0.25) is 0 Å². The van der Waals surface area contributed by atoms with Crippen molar-refractivity contribution in [2.45, 2.75) is 38.6 Å². The second-order valence-corrected chi connectivity index (χ2v) is 7.13. The van der Waals surface area contributed by atoms with Crippen LogP contribution >= 0.6 is 11.3 Å². The summed E-state index contributed by atoms with van der Waals surface area (Å²) in [5.74, 6) is 0.136. The molecule has 0 fully saturated rings. The van der Waals surface area contributed by atoms with Crippen LogP contribution in [-0.4, -0.2) is 32.7 Å². The van der Waals surface area contributed by atoms with Gasteiger partial charge in [-0.1, -0.05) is 19.9 Å². The number of aromatic nitrogens is 2. The summed E-state index contributed by atoms with van der Waals surface area (Å²) >= 11 is 0.989. The highest BCUT2D eigenvalue weighted by Crippen LogP contribution is 2.44. The third-order valence-corrected chi connectivity index (χ3v) is 4.56. The average Bonchev–Trinajstić information content (AvgIpc) is 3.12. The van der Waals surface area contributed by atoms with Crippen molar-refractivity contribution in [3.63, 3.8) is 0 Å². The molecule has 1 atom stereocenters. The Hall–Kier alpha value is -2.00. The van der Waals surface area contributed by atoms with E-state index in [0.29, 0.717) is 28.5 Å². The Morgan fingerprint density at radius 1 is 1.32 bits per heavy atom. The van der Waals surface area contributed by atoms with Crippen LogP contribution in [-0.2, 0) is 0 Å². The molecule has 3 heterocycles. The van der Waals surface area contributed by atoms with Crippen LogP contribution in [0.1, 0.15) is 26.7 Å². The van der Waals surface area contributed by atoms with E-state index in [9.17, 15) is 18.3 Å². The quantitative estimate of drug-likeness (QED) is 0.881. The smallest absolute Gasteiger partial charge is 0.362 e. The zero-order valence-electron chi connectivity index (χ0n) is 13.7. The van der Waals surface area contributed by atoms with Gasteiger partial charge < -0.3 is 5.11 Å². The summed E-state index contributed by atoms with van der Waals surface area (Å²) in [6.45, 7) is 3.78. The molecule has 1 aliphatic rings. The van der Waals surface area contributed by atoms with E-state index in [-0.39, 0.29) is 11.0 Å². The second-order valence-electron chi connectivity index (χ2n) is 6.30. The fourth-order valence-electron chi connectivity index (χ4n) is 2.62. The molecule has 0 spiro atoms. The molecule has 0 saturated heterocycles. The number of hydrazone groups is 1. The van der Waals surface area contributed by atoms with Gasteiger partial charge in [-0.2, -0.15) is 23.3 Å². The molecule has 0 unspecified atom stereocenters. The minimum Gasteiger partial charge on any atom is -0.362 e. The predicted molar refractivity (Wildman–Crippen MR) is 90.3 cm³/mol. The first-order valence-corrected chi connectivity index (χ1v) is 8.61. The zero-order chi connectivity index (χ0) is 18.2. The molecule has 0 amide bonds. The molecule has 0 bridgehead atoms. The lowest BCUT2D eigenvalue weighted by Gasteiger charge is -2.32. The number of anilines is 1. The third kappa shape index (κ3) is 3.38. The van der Waals surface area contributed by atoms with Crippen LogP contribution in [0.15, 0.2) is 34.9 Å². The fraction of sp³-hybridized carbons (Fsp3) is 0.438. The van der Waals surface area contributed by atoms with Crippen LogP contribution in [0.4, 0.5) is 18.3 Å². The van der Waals surface area contributed by atoms with E-state index in [1.54, 1.807) is 29.8 Å². The Balaban J connectivity index is 1.97. The topological polar surface area (TPSA) is 61.6 Å². The maximum Gasteiger partial charge on any atom is 0.438 e. The third-order valence-electron chi connectivity index (χ3n) is 3.74. The number of alkyl halides is 3. The van der Waals surface area contributed by atoms with Gasteiger partial charge in [0.15, 0.2) is 0 Å². The molecule has 0 aromatic carbocycles. The lowest BCUT2D eigenvalue weighted by molar-refractivity contribution is -0.254. The Labute approximate surface area is 146 Å². The molecule has 2 aromatic heterocycles. The van der Waals surface area contributed by atoms with Crippen molar-refractivity contribution in [3.8, 4) is 11.4 Å². The SMILES string of the molecule is CC(C)CC1=NN(c2nc(-c3ccccn3)cs2)[C@](O)(C(F)(F)F)C1. The van der Waals surface area contributed by atoms with Gasteiger partial charge in [0.1, 0.15) is 5.69 Å². The van der Waals surface area contributed by atoms with Crippen LogP contribution in [0.25, 0.3) is 11.4 Å². The number of pyridine rings is 1. The van der Waals surface area contributed by atoms with E-state index in [1.807, 2.05) is 13.8 Å². The summed E-state index contributed by atoms with van der Waals surface area (Å²) in [4.78, 5) is 8.33. The summed E-state index contributed by atoms with van der Waals surface area (Å²) < 4.78 is 40.6. The molecule has 25 heavy (non-hydrogen) atoms. The first-order valence-electron chi connectivity index (χ1n) is 7.73. The molecule has 1 aliphatic heterocycles. The normalized spacial score (nSPS) is 21.1. The van der Waals surface area contributed by atoms with E-state index in [4.69, 9.17) is 0 Å². The Morgan fingerprint density at radius 2 is 2.08 bits per heavy atom. The van der Waals surface area contributed by atoms with E-state index < -0.39 is 18.3 Å². The average molecular weight is 370 g/mol. The monoisotopic (exact) mass is 370 g/mol. The van der Waals surface area contributed by atoms with Gasteiger partial charge in [0.25, 0.3) is 5.72 Å². The van der Waals surface area contributed by atoms with Crippen molar-refractivity contribution < 1.29 is 18.3 Å². The first kappa shape index (κ1) is 17.8. The van der Waals surface area contributed by atoms with Crippen molar-refractivity contribution in [2.75, 3.05) is 5.01 Å². The Morgan fingerprint density at radius 3 is 2.68 bits per heavy atom. The summed E-state index contributed by atoms with van der Waals surface area (Å²) in [6, 6.07) is 5.22. The van der Waals surface area contributed by atoms with E-state index in [1.165, 1.54) is 0 Å². The minimum absolute atomic E-state index is 0.0146. The van der Waals surface area contributed by atoms with Gasteiger partial charge in [-0.15, -0.1) is 11.3 Å². The summed E-state index contributed by atoms with van der Waals surface area (Å²) in [5.41, 5.74) is -1.77. The largest absolute Gasteiger partial charge is 0.438 e. The number of hydrogen-bond acceptors (Lipinski definition) is 6. The second kappa shape index (κ2) is 6.38. The molecular formula is C16H17F3N4OS. The highest BCUT2D eigenvalue weighted by molar-refractivity contribution is 7.14. The maximum atomic E-state index is 13.5. The molecule has 0 radical (unpaired) electrons. The zero-order valence-corrected chi connectivity index (χ0v) is 14.5. The van der Waals surface area contributed by atoms with Crippen molar-refractivity contribution in [3.05, 3.63) is 29.8 Å². The highest BCUT2D eigenvalue weighted by Gasteiger charge is 2.62. The van der Waals surface area contributed by atoms with E-state index in [0.717, 1.165) is 11.3 Å². The Kier molecular flexibility index (Phi) is 4.54. The molecule has 0 aliphatic carbocycles. The number of thiazole rings is 1. The highest BCUT2D eigenvalue weighted by atomic mass is 32.1. The molecule has 5 nitrogen and oxygen atoms in total. The Bertz CT molecular complexity index is 775. The minimum atomic E-state index is -4.86. The van der Waals surface area contributed by atoms with Crippen LogP contribution in [0.3, 0.4) is 0 Å². The van der Waals surface area contributed by atoms with Crippen molar-refractivity contribution >= 4 is 22.2 Å². The number of halogens is 3. The molecule has 3 rings (SSSR count). The lowest BCUT2D eigenvalue weighted by Crippen LogP contribution is -2.55. The van der Waals surface area contributed by atoms with E-state index in [2.05, 4.69) is 15.1 Å². The summed E-state index contributed by atoms with van der Waals surface area (Å²) in [5, 5.41) is 16.6. The van der Waals surface area contributed by atoms with Crippen LogP contribution < -0.4 is 5.01 Å². The lowest BCUT2D eigenvalue weighted by atomic mass is 9.99. The molecule has 2 aromatic rings. The van der Waals surface area contributed by atoms with Gasteiger partial charge in [-0.25, -0.2) is 4.98 Å². The van der Waals surface area contributed by atoms with E-state index >= 15 is 0 Å². The summed E-state index contributed by atoms with van der Waals surface area (Å²) in [6.07, 6.45) is -3.47. The van der Waals surface area contributed by atoms with Crippen LogP contribution in [0, 0.1) is 5.92 Å². The maximum absolute atomic E-state index is 13.5. The van der Waals surface area contributed by atoms with Gasteiger partial charge in [-0.3, -0.25) is 4.98 Å². The van der Waals surface area contributed by atoms with Gasteiger partial charge in [0.05, 0.1) is 5.69 Å². The fourth-order valence-corrected chi connectivity index (χ4v) is 3.45. The van der Waals surface area contributed by atoms with Gasteiger partial charge >= 0.3 is 6.18 Å². The number of rotatable bonds is 4. The molecule has 134 valence electrons. The van der Waals surface area contributed by atoms with Crippen molar-refractivity contribution in [1.82, 2.24) is 9.97 Å². The molecular weight excluding hydrogens is 353 g/mol. The van der Waals surface area contributed by atoms with Crippen molar-refractivity contribution in [1.29, 1.82) is 0 Å². The molecule has 1 N–H and O–H groups in total. The van der Waals surface area contributed by atoms with Crippen LogP contribution in [0.5, 0.6) is 0 Å². The van der Waals surface area contributed by atoms with Gasteiger partial charge in [-0.05, 0) is 24.5 Å². The molecule has 9 heteroatoms. The number of hydrogen-bond donors (Lipinski definition) is 1. The number of nitrogens with zero attached hydrogens (tertiary/aromatic N) is 4. The summed E-state index contributed by atoms with van der Waals surface area (Å²) in [7, 11) is 0. The predicted octanol–water partition coefficient (Wildman–Crippen LogP) is 4.07. The number of aliphatic hydroxyl groups is 1. The first-order chi connectivity index (χ1) is 11.7. The standard InChI is InChI=1S/C16H17F3N4OS/c1-10(2)7-11-8-15(24,16(17,18)19)23(22-11)14-21-13(9-25-14)12-5-3-4-6-20-12/h3-6,9-10,24H,7-8H2,1-2H3/t15-/m1/s1. The van der Waals surface area contributed by atoms with Gasteiger partial charge in [0, 0.05) is 23.7 Å².